The summed E-state index contributed by atoms with van der Waals surface area (Å²) in [5, 5.41) is 11.2. The summed E-state index contributed by atoms with van der Waals surface area (Å²) in [7, 11) is 0. The summed E-state index contributed by atoms with van der Waals surface area (Å²) < 4.78 is 1.37. The predicted octanol–water partition coefficient (Wildman–Crippen LogP) is -0.131. The van der Waals surface area contributed by atoms with Crippen molar-refractivity contribution < 1.29 is 14.7 Å². The standard InChI is InChI=1S/C9H9N5O3/c1-5(15)13-8-7-9(11-3-10-8)14(4-12-7)2-6(16)17/h3-4H,2H2,1H3,(H,16,17)(H,10,11,13,15). The van der Waals surface area contributed by atoms with Crippen LogP contribution in [0.15, 0.2) is 12.7 Å². The number of aromatic nitrogens is 4. The largest absolute Gasteiger partial charge is 0.480 e. The van der Waals surface area contributed by atoms with Crippen molar-refractivity contribution in [2.24, 2.45) is 0 Å². The van der Waals surface area contributed by atoms with Gasteiger partial charge in [-0.2, -0.15) is 0 Å². The molecule has 0 spiro atoms. The lowest BCUT2D eigenvalue weighted by Crippen LogP contribution is -2.10. The maximum absolute atomic E-state index is 10.9. The highest BCUT2D eigenvalue weighted by Crippen LogP contribution is 2.16. The van der Waals surface area contributed by atoms with Gasteiger partial charge in [-0.25, -0.2) is 15.0 Å². The third-order valence-corrected chi connectivity index (χ3v) is 2.00. The molecule has 0 unspecified atom stereocenters. The first-order valence-corrected chi connectivity index (χ1v) is 4.73. The molecule has 0 aliphatic carbocycles. The van der Waals surface area contributed by atoms with Crippen LogP contribution in [-0.4, -0.2) is 36.5 Å². The van der Waals surface area contributed by atoms with E-state index in [4.69, 9.17) is 5.11 Å². The molecular weight excluding hydrogens is 226 g/mol. The summed E-state index contributed by atoms with van der Waals surface area (Å²) in [5.41, 5.74) is 0.732. The number of anilines is 1. The van der Waals surface area contributed by atoms with Crippen LogP contribution >= 0.6 is 0 Å². The molecule has 2 heterocycles. The van der Waals surface area contributed by atoms with E-state index in [0.717, 1.165) is 0 Å². The maximum atomic E-state index is 10.9. The van der Waals surface area contributed by atoms with Gasteiger partial charge in [-0.3, -0.25) is 9.59 Å². The first-order chi connectivity index (χ1) is 8.08. The molecule has 17 heavy (non-hydrogen) atoms. The van der Waals surface area contributed by atoms with Gasteiger partial charge in [-0.1, -0.05) is 0 Å². The summed E-state index contributed by atoms with van der Waals surface area (Å²) in [5.74, 6) is -1.01. The molecule has 0 aromatic carbocycles. The Morgan fingerprint density at radius 1 is 1.41 bits per heavy atom. The summed E-state index contributed by atoms with van der Waals surface area (Å²) in [6.45, 7) is 1.11. The smallest absolute Gasteiger partial charge is 0.323 e. The quantitative estimate of drug-likeness (QED) is 0.766. The second-order valence-corrected chi connectivity index (χ2v) is 3.34. The van der Waals surface area contributed by atoms with Crippen molar-refractivity contribution in [2.45, 2.75) is 13.5 Å². The Morgan fingerprint density at radius 2 is 2.18 bits per heavy atom. The van der Waals surface area contributed by atoms with E-state index in [9.17, 15) is 9.59 Å². The molecule has 2 N–H and O–H groups in total. The molecule has 2 rings (SSSR count). The predicted molar refractivity (Wildman–Crippen MR) is 57.3 cm³/mol. The van der Waals surface area contributed by atoms with Crippen molar-refractivity contribution in [1.82, 2.24) is 19.5 Å². The minimum Gasteiger partial charge on any atom is -0.480 e. The van der Waals surface area contributed by atoms with Gasteiger partial charge in [-0.05, 0) is 0 Å². The van der Waals surface area contributed by atoms with Crippen LogP contribution < -0.4 is 5.32 Å². The van der Waals surface area contributed by atoms with E-state index in [2.05, 4.69) is 20.3 Å². The van der Waals surface area contributed by atoms with Crippen LogP contribution in [0, 0.1) is 0 Å². The topological polar surface area (TPSA) is 110 Å². The van der Waals surface area contributed by atoms with Gasteiger partial charge in [0, 0.05) is 6.92 Å². The second-order valence-electron chi connectivity index (χ2n) is 3.34. The molecule has 88 valence electrons. The van der Waals surface area contributed by atoms with Crippen molar-refractivity contribution in [2.75, 3.05) is 5.32 Å². The normalized spacial score (nSPS) is 10.4. The number of hydrogen-bond donors (Lipinski definition) is 2. The number of imidazole rings is 1. The highest BCUT2D eigenvalue weighted by Gasteiger charge is 2.12. The Kier molecular flexibility index (Phi) is 2.69. The van der Waals surface area contributed by atoms with Gasteiger partial charge in [0.15, 0.2) is 17.0 Å². The zero-order valence-corrected chi connectivity index (χ0v) is 8.91. The van der Waals surface area contributed by atoms with Gasteiger partial charge in [0.25, 0.3) is 0 Å². The molecule has 0 saturated carbocycles. The molecule has 2 aromatic rings. The third kappa shape index (κ3) is 2.19. The van der Waals surface area contributed by atoms with Crippen LogP contribution in [0.1, 0.15) is 6.92 Å². The Bertz CT molecular complexity index is 591. The first-order valence-electron chi connectivity index (χ1n) is 4.73. The molecule has 8 heteroatoms. The van der Waals surface area contributed by atoms with Crippen molar-refractivity contribution >= 4 is 28.9 Å². The fraction of sp³-hybridized carbons (Fsp3) is 0.222. The number of nitrogens with zero attached hydrogens (tertiary/aromatic N) is 4. The number of fused-ring (bicyclic) bond motifs is 1. The zero-order chi connectivity index (χ0) is 12.4. The van der Waals surface area contributed by atoms with E-state index in [1.54, 1.807) is 0 Å². The number of amides is 1. The van der Waals surface area contributed by atoms with Crippen LogP contribution in [0.3, 0.4) is 0 Å². The second kappa shape index (κ2) is 4.16. The third-order valence-electron chi connectivity index (χ3n) is 2.00. The number of aliphatic carboxylic acids is 1. The van der Waals surface area contributed by atoms with Crippen molar-refractivity contribution in [3.63, 3.8) is 0 Å². The van der Waals surface area contributed by atoms with E-state index in [1.165, 1.54) is 24.1 Å². The van der Waals surface area contributed by atoms with Gasteiger partial charge < -0.3 is 15.0 Å². The molecule has 0 atom stereocenters. The Morgan fingerprint density at radius 3 is 2.82 bits per heavy atom. The molecular formula is C9H9N5O3. The summed E-state index contributed by atoms with van der Waals surface area (Å²) in [4.78, 5) is 33.3. The maximum Gasteiger partial charge on any atom is 0.323 e. The summed E-state index contributed by atoms with van der Waals surface area (Å²) in [6, 6.07) is 0. The van der Waals surface area contributed by atoms with Crippen LogP contribution in [0.2, 0.25) is 0 Å². The number of nitrogens with one attached hydrogen (secondary N) is 1. The zero-order valence-electron chi connectivity index (χ0n) is 8.91. The first kappa shape index (κ1) is 11.0. The summed E-state index contributed by atoms with van der Waals surface area (Å²) >= 11 is 0. The van der Waals surface area contributed by atoms with Crippen molar-refractivity contribution in [3.8, 4) is 0 Å². The van der Waals surface area contributed by atoms with Gasteiger partial charge >= 0.3 is 5.97 Å². The molecule has 0 aliphatic rings. The highest BCUT2D eigenvalue weighted by atomic mass is 16.4. The molecule has 2 aromatic heterocycles. The van der Waals surface area contributed by atoms with Crippen LogP contribution in [0.25, 0.3) is 11.2 Å². The van der Waals surface area contributed by atoms with Gasteiger partial charge in [0.05, 0.1) is 6.33 Å². The average Bonchev–Trinajstić information content (AvgIpc) is 2.61. The fourth-order valence-electron chi connectivity index (χ4n) is 1.40. The van der Waals surface area contributed by atoms with Crippen LogP contribution in [0.4, 0.5) is 5.82 Å². The number of carbonyl (C=O) groups excluding carboxylic acids is 1. The van der Waals surface area contributed by atoms with Crippen LogP contribution in [-0.2, 0) is 16.1 Å². The van der Waals surface area contributed by atoms with E-state index in [1.807, 2.05) is 0 Å². The number of carbonyl (C=O) groups is 2. The van der Waals surface area contributed by atoms with Crippen molar-refractivity contribution in [1.29, 1.82) is 0 Å². The fourth-order valence-corrected chi connectivity index (χ4v) is 1.40. The van der Waals surface area contributed by atoms with Gasteiger partial charge in [-0.15, -0.1) is 0 Å². The number of rotatable bonds is 3. The van der Waals surface area contributed by atoms with Gasteiger partial charge in [0.2, 0.25) is 5.91 Å². The lowest BCUT2D eigenvalue weighted by molar-refractivity contribution is -0.137. The molecule has 1 amide bonds. The molecule has 0 aliphatic heterocycles. The number of carboxylic acids is 1. The van der Waals surface area contributed by atoms with Gasteiger partial charge in [0.1, 0.15) is 12.9 Å². The summed E-state index contributed by atoms with van der Waals surface area (Å²) in [6.07, 6.45) is 2.59. The average molecular weight is 235 g/mol. The van der Waals surface area contributed by atoms with E-state index in [-0.39, 0.29) is 18.3 Å². The van der Waals surface area contributed by atoms with E-state index >= 15 is 0 Å². The molecule has 0 saturated heterocycles. The van der Waals surface area contributed by atoms with E-state index in [0.29, 0.717) is 11.2 Å². The highest BCUT2D eigenvalue weighted by molar-refractivity contribution is 5.95. The Labute approximate surface area is 95.3 Å². The van der Waals surface area contributed by atoms with Crippen molar-refractivity contribution in [3.05, 3.63) is 12.7 Å². The number of carboxylic acid groups (broad SMARTS) is 1. The van der Waals surface area contributed by atoms with Crippen LogP contribution in [0.5, 0.6) is 0 Å². The lowest BCUT2D eigenvalue weighted by atomic mass is 10.4. The minimum absolute atomic E-state index is 0.243. The monoisotopic (exact) mass is 235 g/mol. The Hall–Kier alpha value is -2.51. The molecule has 0 radical (unpaired) electrons. The molecule has 8 nitrogen and oxygen atoms in total. The Balaban J connectivity index is 2.48. The molecule has 0 fully saturated rings. The SMILES string of the molecule is CC(=O)Nc1ncnc2c1ncn2CC(=O)O. The van der Waals surface area contributed by atoms with E-state index < -0.39 is 5.97 Å². The lowest BCUT2D eigenvalue weighted by Gasteiger charge is -2.02. The minimum atomic E-state index is -0.996. The number of hydrogen-bond acceptors (Lipinski definition) is 5. The molecule has 0 bridgehead atoms.